The highest BCUT2D eigenvalue weighted by atomic mass is 35.5. The predicted molar refractivity (Wildman–Crippen MR) is 72.9 cm³/mol. The molecule has 1 heterocycles. The minimum atomic E-state index is -0.899. The highest BCUT2D eigenvalue weighted by molar-refractivity contribution is 6.44. The molecule has 20 heavy (non-hydrogen) atoms. The van der Waals surface area contributed by atoms with Crippen molar-refractivity contribution in [2.75, 3.05) is 10.6 Å². The van der Waals surface area contributed by atoms with Crippen LogP contribution in [0.3, 0.4) is 0 Å². The third-order valence-corrected chi connectivity index (χ3v) is 2.62. The molecule has 0 saturated carbocycles. The van der Waals surface area contributed by atoms with Crippen LogP contribution in [-0.2, 0) is 9.59 Å². The molecule has 0 spiro atoms. The van der Waals surface area contributed by atoms with Gasteiger partial charge in [-0.1, -0.05) is 11.6 Å². The summed E-state index contributed by atoms with van der Waals surface area (Å²) in [5.41, 5.74) is 0.539. The maximum atomic E-state index is 12.7. The molecule has 1 aromatic heterocycles. The lowest BCUT2D eigenvalue weighted by Gasteiger charge is -2.07. The molecule has 0 fully saturated rings. The summed E-state index contributed by atoms with van der Waals surface area (Å²) in [5, 5.41) is 4.73. The second-order valence-electron chi connectivity index (χ2n) is 3.76. The van der Waals surface area contributed by atoms with Crippen LogP contribution >= 0.6 is 11.6 Å². The number of amides is 2. The Bertz CT molecular complexity index is 646. The highest BCUT2D eigenvalue weighted by Crippen LogP contribution is 2.17. The Morgan fingerprint density at radius 3 is 2.35 bits per heavy atom. The maximum absolute atomic E-state index is 12.7. The molecule has 0 aliphatic carbocycles. The fourth-order valence-electron chi connectivity index (χ4n) is 1.38. The lowest BCUT2D eigenvalue weighted by molar-refractivity contribution is -0.133. The second-order valence-corrected chi connectivity index (χ2v) is 4.11. The second kappa shape index (κ2) is 6.12. The third kappa shape index (κ3) is 3.52. The van der Waals surface area contributed by atoms with Gasteiger partial charge in [0.2, 0.25) is 0 Å². The lowest BCUT2D eigenvalue weighted by Crippen LogP contribution is -2.29. The number of pyridine rings is 1. The first kappa shape index (κ1) is 14.0. The van der Waals surface area contributed by atoms with Gasteiger partial charge in [0.25, 0.3) is 0 Å². The van der Waals surface area contributed by atoms with E-state index in [2.05, 4.69) is 15.6 Å². The average Bonchev–Trinajstić information content (AvgIpc) is 2.44. The standard InChI is InChI=1S/C13H9ClFN3O2/c14-11-10(2-1-7-16-11)18-13(20)12(19)17-9-5-3-8(15)4-6-9/h1-7H,(H,17,19)(H,18,20). The van der Waals surface area contributed by atoms with Gasteiger partial charge in [0.1, 0.15) is 5.82 Å². The largest absolute Gasteiger partial charge is 0.318 e. The van der Waals surface area contributed by atoms with Crippen LogP contribution in [0.4, 0.5) is 15.8 Å². The molecule has 0 unspecified atom stereocenters. The number of rotatable bonds is 2. The smallest absolute Gasteiger partial charge is 0.314 e. The molecule has 7 heteroatoms. The first-order valence-electron chi connectivity index (χ1n) is 5.54. The Morgan fingerprint density at radius 1 is 1.05 bits per heavy atom. The van der Waals surface area contributed by atoms with Crippen LogP contribution < -0.4 is 10.6 Å². The summed E-state index contributed by atoms with van der Waals surface area (Å²) in [6.07, 6.45) is 1.45. The summed E-state index contributed by atoms with van der Waals surface area (Å²) in [7, 11) is 0. The predicted octanol–water partition coefficient (Wildman–Crippen LogP) is 2.45. The zero-order valence-electron chi connectivity index (χ0n) is 10.1. The number of hydrogen-bond donors (Lipinski definition) is 2. The van der Waals surface area contributed by atoms with Crippen molar-refractivity contribution in [3.05, 3.63) is 53.6 Å². The molecule has 0 bridgehead atoms. The van der Waals surface area contributed by atoms with Crippen molar-refractivity contribution in [1.82, 2.24) is 4.98 Å². The van der Waals surface area contributed by atoms with E-state index in [1.165, 1.54) is 36.5 Å². The Kier molecular flexibility index (Phi) is 4.27. The van der Waals surface area contributed by atoms with Crippen molar-refractivity contribution >= 4 is 34.8 Å². The Hall–Kier alpha value is -2.47. The van der Waals surface area contributed by atoms with Gasteiger partial charge in [-0.3, -0.25) is 9.59 Å². The number of aromatic nitrogens is 1. The molecule has 0 atom stereocenters. The van der Waals surface area contributed by atoms with Gasteiger partial charge in [-0.05, 0) is 36.4 Å². The van der Waals surface area contributed by atoms with Crippen molar-refractivity contribution in [2.45, 2.75) is 0 Å². The summed E-state index contributed by atoms with van der Waals surface area (Å²) >= 11 is 5.75. The average molecular weight is 294 g/mol. The van der Waals surface area contributed by atoms with Gasteiger partial charge in [0, 0.05) is 11.9 Å². The van der Waals surface area contributed by atoms with Crippen LogP contribution in [0.2, 0.25) is 5.15 Å². The SMILES string of the molecule is O=C(Nc1ccc(F)cc1)C(=O)Nc1cccnc1Cl. The van der Waals surface area contributed by atoms with Crippen LogP contribution in [0.5, 0.6) is 0 Å². The highest BCUT2D eigenvalue weighted by Gasteiger charge is 2.15. The Morgan fingerprint density at radius 2 is 1.70 bits per heavy atom. The molecule has 5 nitrogen and oxygen atoms in total. The minimum Gasteiger partial charge on any atom is -0.318 e. The van der Waals surface area contributed by atoms with Crippen molar-refractivity contribution in [1.29, 1.82) is 0 Å². The summed E-state index contributed by atoms with van der Waals surface area (Å²) in [6, 6.07) is 8.11. The third-order valence-electron chi connectivity index (χ3n) is 2.32. The van der Waals surface area contributed by atoms with Gasteiger partial charge in [-0.2, -0.15) is 0 Å². The molecule has 2 amide bonds. The topological polar surface area (TPSA) is 71.1 Å². The van der Waals surface area contributed by atoms with E-state index in [4.69, 9.17) is 11.6 Å². The zero-order valence-corrected chi connectivity index (χ0v) is 10.8. The van der Waals surface area contributed by atoms with E-state index in [1.807, 2.05) is 0 Å². The molecule has 1 aromatic carbocycles. The number of nitrogens with zero attached hydrogens (tertiary/aromatic N) is 1. The zero-order chi connectivity index (χ0) is 14.5. The van der Waals surface area contributed by atoms with E-state index in [1.54, 1.807) is 6.07 Å². The first-order chi connectivity index (χ1) is 9.56. The molecule has 0 aliphatic rings. The van der Waals surface area contributed by atoms with Gasteiger partial charge < -0.3 is 10.6 Å². The molecular weight excluding hydrogens is 285 g/mol. The van der Waals surface area contributed by atoms with E-state index in [9.17, 15) is 14.0 Å². The van der Waals surface area contributed by atoms with Gasteiger partial charge in [0.05, 0.1) is 5.69 Å². The van der Waals surface area contributed by atoms with Crippen LogP contribution in [0.15, 0.2) is 42.6 Å². The Balaban J connectivity index is 2.01. The van der Waals surface area contributed by atoms with Crippen molar-refractivity contribution in [3.63, 3.8) is 0 Å². The van der Waals surface area contributed by atoms with E-state index in [0.29, 0.717) is 5.69 Å². The van der Waals surface area contributed by atoms with Gasteiger partial charge in [0.15, 0.2) is 5.15 Å². The molecule has 0 saturated heterocycles. The molecule has 2 N–H and O–H groups in total. The summed E-state index contributed by atoms with van der Waals surface area (Å²) in [4.78, 5) is 27.0. The number of nitrogens with one attached hydrogen (secondary N) is 2. The summed E-state index contributed by atoms with van der Waals surface area (Å²) < 4.78 is 12.7. The van der Waals surface area contributed by atoms with Crippen molar-refractivity contribution in [2.24, 2.45) is 0 Å². The molecule has 102 valence electrons. The number of carbonyl (C=O) groups is 2. The number of carbonyl (C=O) groups excluding carboxylic acids is 2. The fraction of sp³-hybridized carbons (Fsp3) is 0. The number of anilines is 2. The maximum Gasteiger partial charge on any atom is 0.314 e. The van der Waals surface area contributed by atoms with Crippen LogP contribution in [0.25, 0.3) is 0 Å². The van der Waals surface area contributed by atoms with E-state index < -0.39 is 17.6 Å². The van der Waals surface area contributed by atoms with E-state index >= 15 is 0 Å². The van der Waals surface area contributed by atoms with Crippen molar-refractivity contribution < 1.29 is 14.0 Å². The molecule has 0 radical (unpaired) electrons. The van der Waals surface area contributed by atoms with Crippen LogP contribution in [0.1, 0.15) is 0 Å². The first-order valence-corrected chi connectivity index (χ1v) is 5.92. The lowest BCUT2D eigenvalue weighted by atomic mass is 10.3. The van der Waals surface area contributed by atoms with Crippen molar-refractivity contribution in [3.8, 4) is 0 Å². The van der Waals surface area contributed by atoms with Gasteiger partial charge in [-0.15, -0.1) is 0 Å². The Labute approximate surface area is 118 Å². The van der Waals surface area contributed by atoms with Crippen LogP contribution in [0, 0.1) is 5.82 Å². The number of hydrogen-bond acceptors (Lipinski definition) is 3. The summed E-state index contributed by atoms with van der Waals surface area (Å²) in [6.45, 7) is 0. The van der Waals surface area contributed by atoms with E-state index in [0.717, 1.165) is 0 Å². The van der Waals surface area contributed by atoms with E-state index in [-0.39, 0.29) is 10.8 Å². The van der Waals surface area contributed by atoms with Gasteiger partial charge in [-0.25, -0.2) is 9.37 Å². The normalized spacial score (nSPS) is 9.90. The molecule has 2 rings (SSSR count). The fourth-order valence-corrected chi connectivity index (χ4v) is 1.55. The molecule has 0 aliphatic heterocycles. The molecule has 2 aromatic rings. The monoisotopic (exact) mass is 293 g/mol. The van der Waals surface area contributed by atoms with Crippen LogP contribution in [-0.4, -0.2) is 16.8 Å². The quantitative estimate of drug-likeness (QED) is 0.660. The molecular formula is C13H9ClFN3O2. The van der Waals surface area contributed by atoms with Gasteiger partial charge >= 0.3 is 11.8 Å². The number of halogens is 2. The summed E-state index contributed by atoms with van der Waals surface area (Å²) in [5.74, 6) is -2.23. The minimum absolute atomic E-state index is 0.0791. The number of benzene rings is 1.